The van der Waals surface area contributed by atoms with E-state index in [1.807, 2.05) is 113 Å². The minimum absolute atomic E-state index is 0.121. The molecule has 1 atom stereocenters. The van der Waals surface area contributed by atoms with E-state index in [4.69, 9.17) is 4.74 Å². The molecule has 236 valence electrons. The quantitative estimate of drug-likeness (QED) is 0.205. The van der Waals surface area contributed by atoms with Gasteiger partial charge in [-0.25, -0.2) is 8.42 Å². The Morgan fingerprint density at radius 1 is 0.778 bits per heavy atom. The predicted molar refractivity (Wildman–Crippen MR) is 179 cm³/mol. The third kappa shape index (κ3) is 9.94. The topological polar surface area (TPSA) is 96.0 Å². The number of anilines is 1. The van der Waals surface area contributed by atoms with Gasteiger partial charge in [-0.1, -0.05) is 78.4 Å². The van der Waals surface area contributed by atoms with Gasteiger partial charge in [0.15, 0.2) is 0 Å². The number of hydrogen-bond acceptors (Lipinski definition) is 5. The Labute approximate surface area is 266 Å². The van der Waals surface area contributed by atoms with Crippen molar-refractivity contribution in [2.24, 2.45) is 0 Å². The van der Waals surface area contributed by atoms with Gasteiger partial charge < -0.3 is 15.0 Å². The molecule has 0 heterocycles. The Morgan fingerprint density at radius 3 is 1.89 bits per heavy atom. The van der Waals surface area contributed by atoms with Gasteiger partial charge in [0.1, 0.15) is 24.1 Å². The molecule has 0 aliphatic heterocycles. The van der Waals surface area contributed by atoms with Crippen LogP contribution >= 0.6 is 0 Å². The molecular weight excluding hydrogens is 586 g/mol. The highest BCUT2D eigenvalue weighted by molar-refractivity contribution is 7.92. The van der Waals surface area contributed by atoms with Crippen molar-refractivity contribution < 1.29 is 22.7 Å². The molecule has 0 spiro atoms. The summed E-state index contributed by atoms with van der Waals surface area (Å²) >= 11 is 0. The fourth-order valence-electron chi connectivity index (χ4n) is 4.82. The summed E-state index contributed by atoms with van der Waals surface area (Å²) in [6.45, 7) is 7.25. The largest absolute Gasteiger partial charge is 0.457 e. The highest BCUT2D eigenvalue weighted by Gasteiger charge is 2.34. The number of para-hydroxylation sites is 1. The van der Waals surface area contributed by atoms with Gasteiger partial charge in [0.05, 0.1) is 11.9 Å². The van der Waals surface area contributed by atoms with Gasteiger partial charge in [0, 0.05) is 18.5 Å². The fraction of sp³-hybridized carbons (Fsp3) is 0.278. The molecule has 45 heavy (non-hydrogen) atoms. The van der Waals surface area contributed by atoms with Crippen LogP contribution < -0.4 is 14.4 Å². The smallest absolute Gasteiger partial charge is 0.244 e. The fourth-order valence-corrected chi connectivity index (χ4v) is 5.67. The van der Waals surface area contributed by atoms with E-state index in [1.54, 1.807) is 24.3 Å². The minimum Gasteiger partial charge on any atom is -0.457 e. The van der Waals surface area contributed by atoms with Crippen LogP contribution in [0.4, 0.5) is 5.69 Å². The molecule has 0 radical (unpaired) electrons. The van der Waals surface area contributed by atoms with Crippen LogP contribution in [0.3, 0.4) is 0 Å². The van der Waals surface area contributed by atoms with Crippen molar-refractivity contribution in [3.8, 4) is 11.5 Å². The number of sulfonamides is 1. The number of benzene rings is 4. The number of amides is 2. The van der Waals surface area contributed by atoms with Gasteiger partial charge in [-0.2, -0.15) is 0 Å². The van der Waals surface area contributed by atoms with E-state index >= 15 is 0 Å². The lowest BCUT2D eigenvalue weighted by Gasteiger charge is -2.35. The van der Waals surface area contributed by atoms with Crippen molar-refractivity contribution in [3.05, 3.63) is 126 Å². The number of ether oxygens (including phenoxy) is 1. The average molecular weight is 628 g/mol. The molecule has 1 N–H and O–H groups in total. The zero-order chi connectivity index (χ0) is 32.6. The molecule has 4 aromatic rings. The molecule has 0 fully saturated rings. The standard InChI is InChI=1S/C36H41N3O5S/c1-27-16-18-29(19-17-27)25-38(33(35(41)37-36(2,3)4)24-28-12-8-6-9-13-28)34(40)26-39(45(5,42)43)30-20-22-32(23-21-30)44-31-14-10-7-11-15-31/h6-23,33H,24-26H2,1-5H3,(H,37,41). The van der Waals surface area contributed by atoms with Crippen LogP contribution in [0, 0.1) is 6.92 Å². The number of carbonyl (C=O) groups is 2. The maximum absolute atomic E-state index is 14.3. The van der Waals surface area contributed by atoms with Crippen molar-refractivity contribution in [3.63, 3.8) is 0 Å². The first-order valence-electron chi connectivity index (χ1n) is 14.8. The Bertz CT molecular complexity index is 1670. The van der Waals surface area contributed by atoms with E-state index in [2.05, 4.69) is 5.32 Å². The van der Waals surface area contributed by atoms with Gasteiger partial charge in [-0.3, -0.25) is 13.9 Å². The van der Waals surface area contributed by atoms with Crippen molar-refractivity contribution >= 4 is 27.5 Å². The third-order valence-corrected chi connectivity index (χ3v) is 8.17. The van der Waals surface area contributed by atoms with E-state index < -0.39 is 34.1 Å². The second-order valence-electron chi connectivity index (χ2n) is 12.1. The molecular formula is C36H41N3O5S. The van der Waals surface area contributed by atoms with E-state index in [1.165, 1.54) is 4.90 Å². The minimum atomic E-state index is -3.89. The maximum Gasteiger partial charge on any atom is 0.244 e. The number of rotatable bonds is 12. The molecule has 4 rings (SSSR count). The van der Waals surface area contributed by atoms with Gasteiger partial charge in [-0.05, 0) is 75.2 Å². The Kier molecular flexibility index (Phi) is 10.7. The maximum atomic E-state index is 14.3. The number of carbonyl (C=O) groups excluding carboxylic acids is 2. The summed E-state index contributed by atoms with van der Waals surface area (Å²) in [4.78, 5) is 29.6. The summed E-state index contributed by atoms with van der Waals surface area (Å²) in [6.07, 6.45) is 1.32. The van der Waals surface area contributed by atoms with Gasteiger partial charge in [0.25, 0.3) is 0 Å². The third-order valence-electron chi connectivity index (χ3n) is 7.03. The first kappa shape index (κ1) is 33.3. The van der Waals surface area contributed by atoms with Crippen LogP contribution in [0.2, 0.25) is 0 Å². The van der Waals surface area contributed by atoms with Crippen molar-refractivity contribution in [1.82, 2.24) is 10.2 Å². The molecule has 0 aromatic heterocycles. The molecule has 0 saturated heterocycles. The first-order chi connectivity index (χ1) is 21.3. The normalized spacial score (nSPS) is 12.2. The second kappa shape index (κ2) is 14.4. The summed E-state index contributed by atoms with van der Waals surface area (Å²) in [5, 5.41) is 3.03. The zero-order valence-corrected chi connectivity index (χ0v) is 27.3. The molecule has 4 aromatic carbocycles. The summed E-state index contributed by atoms with van der Waals surface area (Å²) in [5.41, 5.74) is 2.52. The highest BCUT2D eigenvalue weighted by Crippen LogP contribution is 2.26. The van der Waals surface area contributed by atoms with Crippen LogP contribution in [-0.2, 0) is 32.6 Å². The van der Waals surface area contributed by atoms with Crippen molar-refractivity contribution in [2.45, 2.75) is 52.2 Å². The zero-order valence-electron chi connectivity index (χ0n) is 26.4. The molecule has 8 nitrogen and oxygen atoms in total. The SMILES string of the molecule is Cc1ccc(CN(C(=O)CN(c2ccc(Oc3ccccc3)cc2)S(C)(=O)=O)C(Cc2ccccc2)C(=O)NC(C)(C)C)cc1. The summed E-state index contributed by atoms with van der Waals surface area (Å²) < 4.78 is 33.1. The average Bonchev–Trinajstić information content (AvgIpc) is 2.98. The predicted octanol–water partition coefficient (Wildman–Crippen LogP) is 6.11. The molecule has 1 unspecified atom stereocenters. The van der Waals surface area contributed by atoms with E-state index in [0.717, 1.165) is 27.3 Å². The molecule has 0 aliphatic rings. The number of hydrogen-bond donors (Lipinski definition) is 1. The molecule has 0 bridgehead atoms. The second-order valence-corrected chi connectivity index (χ2v) is 14.0. The van der Waals surface area contributed by atoms with E-state index in [0.29, 0.717) is 17.2 Å². The lowest BCUT2D eigenvalue weighted by molar-refractivity contribution is -0.140. The van der Waals surface area contributed by atoms with Crippen LogP contribution in [0.15, 0.2) is 109 Å². The summed E-state index contributed by atoms with van der Waals surface area (Å²) in [7, 11) is -3.89. The van der Waals surface area contributed by atoms with E-state index in [-0.39, 0.29) is 18.9 Å². The van der Waals surface area contributed by atoms with E-state index in [9.17, 15) is 18.0 Å². The van der Waals surface area contributed by atoms with Crippen molar-refractivity contribution in [1.29, 1.82) is 0 Å². The Balaban J connectivity index is 1.68. The van der Waals surface area contributed by atoms with Crippen LogP contribution in [-0.4, -0.2) is 49.5 Å². The van der Waals surface area contributed by atoms with Gasteiger partial charge >= 0.3 is 0 Å². The van der Waals surface area contributed by atoms with Crippen molar-refractivity contribution in [2.75, 3.05) is 17.1 Å². The molecule has 0 aliphatic carbocycles. The Hall–Kier alpha value is -4.63. The molecule has 9 heteroatoms. The van der Waals surface area contributed by atoms with Crippen LogP contribution in [0.25, 0.3) is 0 Å². The summed E-state index contributed by atoms with van der Waals surface area (Å²) in [6, 6.07) is 32.1. The lowest BCUT2D eigenvalue weighted by atomic mass is 10.0. The Morgan fingerprint density at radius 2 is 1.33 bits per heavy atom. The first-order valence-corrected chi connectivity index (χ1v) is 16.6. The number of nitrogens with zero attached hydrogens (tertiary/aromatic N) is 2. The van der Waals surface area contributed by atoms with Crippen LogP contribution in [0.1, 0.15) is 37.5 Å². The lowest BCUT2D eigenvalue weighted by Crippen LogP contribution is -2.56. The van der Waals surface area contributed by atoms with Gasteiger partial charge in [-0.15, -0.1) is 0 Å². The molecule has 0 saturated carbocycles. The highest BCUT2D eigenvalue weighted by atomic mass is 32.2. The monoisotopic (exact) mass is 627 g/mol. The number of aryl methyl sites for hydroxylation is 1. The number of nitrogens with one attached hydrogen (secondary N) is 1. The van der Waals surface area contributed by atoms with Crippen LogP contribution in [0.5, 0.6) is 11.5 Å². The molecule has 2 amide bonds. The van der Waals surface area contributed by atoms with Gasteiger partial charge in [0.2, 0.25) is 21.8 Å². The summed E-state index contributed by atoms with van der Waals surface area (Å²) in [5.74, 6) is 0.341.